The maximum atomic E-state index is 13.1. The molecule has 1 fully saturated rings. The van der Waals surface area contributed by atoms with E-state index in [1.165, 1.54) is 31.4 Å². The van der Waals surface area contributed by atoms with Crippen molar-refractivity contribution < 1.29 is 8.42 Å². The minimum Gasteiger partial charge on any atom is -0.384 e. The van der Waals surface area contributed by atoms with Gasteiger partial charge in [-0.1, -0.05) is 30.9 Å². The molecule has 0 radical (unpaired) electrons. The predicted octanol–water partition coefficient (Wildman–Crippen LogP) is 4.68. The lowest BCUT2D eigenvalue weighted by Gasteiger charge is -2.26. The topological polar surface area (TPSA) is 65.1 Å². The molecule has 1 aromatic heterocycles. The van der Waals surface area contributed by atoms with E-state index < -0.39 is 9.84 Å². The molecule has 0 unspecified atom stereocenters. The predicted molar refractivity (Wildman–Crippen MR) is 97.3 cm³/mol. The van der Waals surface area contributed by atoms with E-state index in [1.807, 2.05) is 18.4 Å². The van der Waals surface area contributed by atoms with Crippen LogP contribution in [0.5, 0.6) is 0 Å². The van der Waals surface area contributed by atoms with Crippen LogP contribution in [0.2, 0.25) is 5.02 Å². The third kappa shape index (κ3) is 2.84. The van der Waals surface area contributed by atoms with Gasteiger partial charge in [-0.15, -0.1) is 0 Å². The Morgan fingerprint density at radius 3 is 2.25 bits per heavy atom. The van der Waals surface area contributed by atoms with Gasteiger partial charge in [0.25, 0.3) is 0 Å². The molecule has 1 aromatic carbocycles. The molecule has 130 valence electrons. The highest BCUT2D eigenvalue weighted by atomic mass is 35.5. The van der Waals surface area contributed by atoms with Crippen LogP contribution in [-0.2, 0) is 9.84 Å². The van der Waals surface area contributed by atoms with Crippen molar-refractivity contribution in [3.63, 3.8) is 0 Å². The van der Waals surface area contributed by atoms with Crippen molar-refractivity contribution in [2.24, 2.45) is 0 Å². The van der Waals surface area contributed by atoms with Crippen LogP contribution in [-0.4, -0.2) is 13.0 Å². The Bertz CT molecular complexity index is 848. The van der Waals surface area contributed by atoms with Crippen LogP contribution >= 0.6 is 11.6 Å². The van der Waals surface area contributed by atoms with Crippen LogP contribution in [0.3, 0.4) is 0 Å². The standard InChI is InChI=1S/C18H23ClN2O2S/c1-12-13(2)21(15-6-4-3-5-7-15)18(20)17(12)24(22,23)16-10-8-14(19)9-11-16/h8-11,15H,3-7,20H2,1-2H3. The van der Waals surface area contributed by atoms with E-state index >= 15 is 0 Å². The summed E-state index contributed by atoms with van der Waals surface area (Å²) < 4.78 is 28.2. The Labute approximate surface area is 148 Å². The average Bonchev–Trinajstić information content (AvgIpc) is 2.78. The van der Waals surface area contributed by atoms with E-state index in [1.54, 1.807) is 12.1 Å². The summed E-state index contributed by atoms with van der Waals surface area (Å²) in [5.74, 6) is 0.367. The number of nitrogens with two attached hydrogens (primary N) is 1. The van der Waals surface area contributed by atoms with E-state index in [9.17, 15) is 8.42 Å². The zero-order chi connectivity index (χ0) is 17.5. The molecule has 4 nitrogen and oxygen atoms in total. The van der Waals surface area contributed by atoms with Gasteiger partial charge < -0.3 is 10.3 Å². The fourth-order valence-corrected chi connectivity index (χ4v) is 5.49. The fourth-order valence-electron chi connectivity index (χ4n) is 3.71. The number of anilines is 1. The number of hydrogen-bond donors (Lipinski definition) is 1. The molecule has 24 heavy (non-hydrogen) atoms. The number of aromatic nitrogens is 1. The Morgan fingerprint density at radius 2 is 1.67 bits per heavy atom. The van der Waals surface area contributed by atoms with Crippen molar-refractivity contribution in [1.29, 1.82) is 0 Å². The molecular formula is C18H23ClN2O2S. The quantitative estimate of drug-likeness (QED) is 0.857. The van der Waals surface area contributed by atoms with Crippen LogP contribution in [0.15, 0.2) is 34.1 Å². The number of hydrogen-bond acceptors (Lipinski definition) is 3. The third-order valence-electron chi connectivity index (χ3n) is 5.07. The summed E-state index contributed by atoms with van der Waals surface area (Å²) in [6.07, 6.45) is 5.69. The molecular weight excluding hydrogens is 344 g/mol. The molecule has 2 N–H and O–H groups in total. The lowest BCUT2D eigenvalue weighted by atomic mass is 9.95. The second-order valence-corrected chi connectivity index (χ2v) is 8.87. The largest absolute Gasteiger partial charge is 0.384 e. The highest BCUT2D eigenvalue weighted by Crippen LogP contribution is 2.39. The van der Waals surface area contributed by atoms with E-state index in [0.717, 1.165) is 24.1 Å². The zero-order valence-electron chi connectivity index (χ0n) is 14.0. The maximum Gasteiger partial charge on any atom is 0.210 e. The number of nitrogen functional groups attached to an aromatic ring is 1. The lowest BCUT2D eigenvalue weighted by molar-refractivity contribution is 0.352. The van der Waals surface area contributed by atoms with Crippen molar-refractivity contribution in [2.75, 3.05) is 5.73 Å². The van der Waals surface area contributed by atoms with Crippen molar-refractivity contribution in [2.45, 2.75) is 61.8 Å². The maximum absolute atomic E-state index is 13.1. The number of halogens is 1. The Morgan fingerprint density at radius 1 is 1.08 bits per heavy atom. The summed E-state index contributed by atoms with van der Waals surface area (Å²) in [4.78, 5) is 0.468. The molecule has 0 aliphatic heterocycles. The second kappa shape index (κ2) is 6.45. The Kier molecular flexibility index (Phi) is 4.67. The second-order valence-electron chi connectivity index (χ2n) is 6.54. The molecule has 1 heterocycles. The van der Waals surface area contributed by atoms with Crippen molar-refractivity contribution in [1.82, 2.24) is 4.57 Å². The van der Waals surface area contributed by atoms with Crippen molar-refractivity contribution in [3.8, 4) is 0 Å². The molecule has 3 rings (SSSR count). The average molecular weight is 367 g/mol. The monoisotopic (exact) mass is 366 g/mol. The molecule has 2 aromatic rings. The SMILES string of the molecule is Cc1c(S(=O)(=O)c2ccc(Cl)cc2)c(N)n(C2CCCCC2)c1C. The Hall–Kier alpha value is -1.46. The molecule has 6 heteroatoms. The van der Waals surface area contributed by atoms with Gasteiger partial charge >= 0.3 is 0 Å². The summed E-state index contributed by atoms with van der Waals surface area (Å²) in [5, 5.41) is 0.509. The first-order valence-corrected chi connectivity index (χ1v) is 10.2. The smallest absolute Gasteiger partial charge is 0.210 e. The van der Waals surface area contributed by atoms with Gasteiger partial charge in [-0.05, 0) is 56.5 Å². The molecule has 1 aliphatic rings. The number of benzene rings is 1. The van der Waals surface area contributed by atoms with Gasteiger partial charge in [-0.2, -0.15) is 0 Å². The van der Waals surface area contributed by atoms with Gasteiger partial charge in [0.05, 0.1) is 4.90 Å². The minimum absolute atomic E-state index is 0.225. The Balaban J connectivity index is 2.13. The van der Waals surface area contributed by atoms with Crippen LogP contribution in [0.1, 0.15) is 49.4 Å². The first-order valence-electron chi connectivity index (χ1n) is 8.31. The van der Waals surface area contributed by atoms with Gasteiger partial charge in [0.15, 0.2) is 0 Å². The highest BCUT2D eigenvalue weighted by molar-refractivity contribution is 7.91. The van der Waals surface area contributed by atoms with E-state index in [4.69, 9.17) is 17.3 Å². The zero-order valence-corrected chi connectivity index (χ0v) is 15.6. The van der Waals surface area contributed by atoms with E-state index in [2.05, 4.69) is 0 Å². The molecule has 0 atom stereocenters. The molecule has 0 spiro atoms. The summed E-state index contributed by atoms with van der Waals surface area (Å²) in [6, 6.07) is 6.54. The number of sulfone groups is 1. The first-order chi connectivity index (χ1) is 11.3. The van der Waals surface area contributed by atoms with Gasteiger partial charge in [0.1, 0.15) is 10.7 Å². The summed E-state index contributed by atoms with van der Waals surface area (Å²) in [7, 11) is -3.66. The molecule has 1 saturated carbocycles. The van der Waals surface area contributed by atoms with Gasteiger partial charge in [-0.3, -0.25) is 0 Å². The molecule has 0 bridgehead atoms. The summed E-state index contributed by atoms with van der Waals surface area (Å²) in [6.45, 7) is 3.80. The molecule has 1 aliphatic carbocycles. The van der Waals surface area contributed by atoms with Crippen molar-refractivity contribution in [3.05, 3.63) is 40.5 Å². The molecule has 0 amide bonds. The van der Waals surface area contributed by atoms with Crippen LogP contribution in [0.4, 0.5) is 5.82 Å². The van der Waals surface area contributed by atoms with Crippen LogP contribution < -0.4 is 5.73 Å². The summed E-state index contributed by atoms with van der Waals surface area (Å²) >= 11 is 5.88. The van der Waals surface area contributed by atoms with Gasteiger partial charge in [0, 0.05) is 16.8 Å². The summed E-state index contributed by atoms with van der Waals surface area (Å²) in [5.41, 5.74) is 8.04. The molecule has 0 saturated heterocycles. The third-order valence-corrected chi connectivity index (χ3v) is 7.27. The van der Waals surface area contributed by atoms with Gasteiger partial charge in [0.2, 0.25) is 9.84 Å². The highest BCUT2D eigenvalue weighted by Gasteiger charge is 2.30. The first kappa shape index (κ1) is 17.4. The van der Waals surface area contributed by atoms with Crippen LogP contribution in [0.25, 0.3) is 0 Å². The van der Waals surface area contributed by atoms with Gasteiger partial charge in [-0.25, -0.2) is 8.42 Å². The number of rotatable bonds is 3. The van der Waals surface area contributed by atoms with E-state index in [0.29, 0.717) is 16.9 Å². The van der Waals surface area contributed by atoms with E-state index in [-0.39, 0.29) is 9.79 Å². The fraction of sp³-hybridized carbons (Fsp3) is 0.444. The lowest BCUT2D eigenvalue weighted by Crippen LogP contribution is -2.16. The minimum atomic E-state index is -3.66. The normalized spacial score (nSPS) is 16.5. The van der Waals surface area contributed by atoms with Crippen LogP contribution in [0, 0.1) is 13.8 Å². The van der Waals surface area contributed by atoms with Crippen molar-refractivity contribution >= 4 is 27.3 Å². The number of nitrogens with zero attached hydrogens (tertiary/aromatic N) is 1.